The Labute approximate surface area is 97.1 Å². The van der Waals surface area contributed by atoms with Gasteiger partial charge in [0.15, 0.2) is 5.60 Å². The largest absolute Gasteiger partial charge is 0.480 e. The van der Waals surface area contributed by atoms with Crippen molar-refractivity contribution in [2.24, 2.45) is 5.73 Å². The van der Waals surface area contributed by atoms with Gasteiger partial charge < -0.3 is 15.8 Å². The van der Waals surface area contributed by atoms with Crippen molar-refractivity contribution in [3.8, 4) is 0 Å². The first-order chi connectivity index (χ1) is 7.48. The Morgan fingerprint density at radius 1 is 1.62 bits per heavy atom. The first-order valence-electron chi connectivity index (χ1n) is 5.66. The molecule has 0 saturated carbocycles. The highest BCUT2D eigenvalue weighted by atomic mass is 16.5. The third-order valence-electron chi connectivity index (χ3n) is 2.56. The standard InChI is InChI=1S/C12H21N3O/c1-4-5-6-15-10-7-9(2)16-12(3,8-10)11(13)14/h7-8,15H,4-6H2,1-3H3,(H3,13,14). The molecule has 0 aliphatic carbocycles. The maximum atomic E-state index is 7.53. The predicted molar refractivity (Wildman–Crippen MR) is 66.2 cm³/mol. The molecule has 0 saturated heterocycles. The molecule has 4 heteroatoms. The van der Waals surface area contributed by atoms with Crippen LogP contribution in [0, 0.1) is 5.41 Å². The van der Waals surface area contributed by atoms with Crippen molar-refractivity contribution < 1.29 is 4.74 Å². The van der Waals surface area contributed by atoms with E-state index in [-0.39, 0.29) is 5.84 Å². The minimum absolute atomic E-state index is 0.0229. The van der Waals surface area contributed by atoms with E-state index in [4.69, 9.17) is 15.9 Å². The van der Waals surface area contributed by atoms with Crippen LogP contribution in [0.3, 0.4) is 0 Å². The van der Waals surface area contributed by atoms with Crippen LogP contribution in [0.25, 0.3) is 0 Å². The molecular weight excluding hydrogens is 202 g/mol. The van der Waals surface area contributed by atoms with Crippen molar-refractivity contribution in [2.75, 3.05) is 6.54 Å². The molecule has 0 fully saturated rings. The zero-order valence-corrected chi connectivity index (χ0v) is 10.3. The van der Waals surface area contributed by atoms with Crippen LogP contribution in [0.4, 0.5) is 0 Å². The zero-order chi connectivity index (χ0) is 12.2. The van der Waals surface area contributed by atoms with Crippen LogP contribution < -0.4 is 11.1 Å². The van der Waals surface area contributed by atoms with E-state index in [2.05, 4.69) is 12.2 Å². The number of hydrogen-bond donors (Lipinski definition) is 3. The Morgan fingerprint density at radius 3 is 2.88 bits per heavy atom. The molecule has 1 unspecified atom stereocenters. The number of nitrogens with two attached hydrogens (primary N) is 1. The first-order valence-corrected chi connectivity index (χ1v) is 5.66. The Morgan fingerprint density at radius 2 is 2.31 bits per heavy atom. The average molecular weight is 223 g/mol. The topological polar surface area (TPSA) is 71.1 Å². The van der Waals surface area contributed by atoms with Gasteiger partial charge in [0.05, 0.1) is 5.76 Å². The molecule has 1 aliphatic heterocycles. The molecular formula is C12H21N3O. The molecule has 0 radical (unpaired) electrons. The van der Waals surface area contributed by atoms with Gasteiger partial charge in [-0.25, -0.2) is 0 Å². The molecule has 16 heavy (non-hydrogen) atoms. The number of allylic oxidation sites excluding steroid dienone is 2. The molecule has 0 amide bonds. The molecule has 0 aromatic rings. The van der Waals surface area contributed by atoms with Crippen molar-refractivity contribution >= 4 is 5.84 Å². The van der Waals surface area contributed by atoms with Gasteiger partial charge in [-0.1, -0.05) is 13.3 Å². The number of rotatable bonds is 5. The molecule has 4 nitrogen and oxygen atoms in total. The van der Waals surface area contributed by atoms with Gasteiger partial charge in [0.1, 0.15) is 5.84 Å². The maximum Gasteiger partial charge on any atom is 0.182 e. The van der Waals surface area contributed by atoms with E-state index in [0.29, 0.717) is 0 Å². The van der Waals surface area contributed by atoms with E-state index in [1.165, 1.54) is 0 Å². The van der Waals surface area contributed by atoms with Gasteiger partial charge in [-0.05, 0) is 32.4 Å². The monoisotopic (exact) mass is 223 g/mol. The Bertz CT molecular complexity index is 333. The van der Waals surface area contributed by atoms with Gasteiger partial charge in [0.25, 0.3) is 0 Å². The lowest BCUT2D eigenvalue weighted by Crippen LogP contribution is -2.43. The molecule has 1 aliphatic rings. The van der Waals surface area contributed by atoms with E-state index >= 15 is 0 Å². The fourth-order valence-electron chi connectivity index (χ4n) is 1.60. The molecule has 1 heterocycles. The Kier molecular flexibility index (Phi) is 3.99. The van der Waals surface area contributed by atoms with E-state index in [1.54, 1.807) is 6.92 Å². The van der Waals surface area contributed by atoms with Gasteiger partial charge in [0, 0.05) is 12.2 Å². The molecule has 90 valence electrons. The summed E-state index contributed by atoms with van der Waals surface area (Å²) >= 11 is 0. The molecule has 1 atom stereocenters. The van der Waals surface area contributed by atoms with E-state index in [9.17, 15) is 0 Å². The minimum atomic E-state index is -0.812. The van der Waals surface area contributed by atoms with Crippen molar-refractivity contribution in [3.63, 3.8) is 0 Å². The second-order valence-electron chi connectivity index (χ2n) is 4.26. The summed E-state index contributed by atoms with van der Waals surface area (Å²) in [6, 6.07) is 0. The Hall–Kier alpha value is -1.45. The number of ether oxygens (including phenoxy) is 1. The Balaban J connectivity index is 2.74. The van der Waals surface area contributed by atoms with Crippen LogP contribution in [0.2, 0.25) is 0 Å². The van der Waals surface area contributed by atoms with E-state index in [1.807, 2.05) is 19.1 Å². The van der Waals surface area contributed by atoms with Gasteiger partial charge in [-0.3, -0.25) is 5.41 Å². The third-order valence-corrected chi connectivity index (χ3v) is 2.56. The van der Waals surface area contributed by atoms with Crippen molar-refractivity contribution in [2.45, 2.75) is 39.2 Å². The summed E-state index contributed by atoms with van der Waals surface area (Å²) in [6.45, 7) is 6.75. The highest BCUT2D eigenvalue weighted by Crippen LogP contribution is 2.23. The van der Waals surface area contributed by atoms with Crippen LogP contribution in [-0.2, 0) is 4.74 Å². The second-order valence-corrected chi connectivity index (χ2v) is 4.26. The van der Waals surface area contributed by atoms with E-state index < -0.39 is 5.60 Å². The second kappa shape index (κ2) is 5.05. The summed E-state index contributed by atoms with van der Waals surface area (Å²) in [4.78, 5) is 0. The summed E-state index contributed by atoms with van der Waals surface area (Å²) in [6.07, 6.45) is 6.07. The number of amidine groups is 1. The van der Waals surface area contributed by atoms with Crippen molar-refractivity contribution in [1.29, 1.82) is 5.41 Å². The number of nitrogens with one attached hydrogen (secondary N) is 2. The van der Waals surface area contributed by atoms with Crippen molar-refractivity contribution in [3.05, 3.63) is 23.6 Å². The van der Waals surface area contributed by atoms with Gasteiger partial charge in [-0.2, -0.15) is 0 Å². The summed E-state index contributed by atoms with van der Waals surface area (Å²) in [5, 5.41) is 10.8. The smallest absolute Gasteiger partial charge is 0.182 e. The summed E-state index contributed by atoms with van der Waals surface area (Å²) < 4.78 is 5.57. The summed E-state index contributed by atoms with van der Waals surface area (Å²) in [5.74, 6) is 0.800. The van der Waals surface area contributed by atoms with Crippen LogP contribution in [-0.4, -0.2) is 18.0 Å². The lowest BCUT2D eigenvalue weighted by atomic mass is 10.0. The molecule has 0 spiro atoms. The SMILES string of the molecule is CCCCNC1=CC(C)(C(=N)N)OC(C)=C1. The third kappa shape index (κ3) is 3.02. The minimum Gasteiger partial charge on any atom is -0.480 e. The number of hydrogen-bond acceptors (Lipinski definition) is 3. The summed E-state index contributed by atoms with van der Waals surface area (Å²) in [7, 11) is 0. The average Bonchev–Trinajstić information content (AvgIpc) is 2.16. The molecule has 1 rings (SSSR count). The van der Waals surface area contributed by atoms with Crippen LogP contribution in [0.15, 0.2) is 23.6 Å². The predicted octanol–water partition coefficient (Wildman–Crippen LogP) is 1.89. The zero-order valence-electron chi connectivity index (χ0n) is 10.3. The molecule has 4 N–H and O–H groups in total. The van der Waals surface area contributed by atoms with E-state index in [0.717, 1.165) is 30.8 Å². The number of unbranched alkanes of at least 4 members (excludes halogenated alkanes) is 1. The molecule has 0 aromatic carbocycles. The fraction of sp³-hybridized carbons (Fsp3) is 0.583. The van der Waals surface area contributed by atoms with Crippen molar-refractivity contribution in [1.82, 2.24) is 5.32 Å². The molecule has 0 aromatic heterocycles. The molecule has 0 bridgehead atoms. The highest BCUT2D eigenvalue weighted by molar-refractivity contribution is 5.88. The lowest BCUT2D eigenvalue weighted by molar-refractivity contribution is 0.114. The first kappa shape index (κ1) is 12.6. The van der Waals surface area contributed by atoms with Crippen LogP contribution in [0.1, 0.15) is 33.6 Å². The fourth-order valence-corrected chi connectivity index (χ4v) is 1.60. The van der Waals surface area contributed by atoms with Gasteiger partial charge in [-0.15, -0.1) is 0 Å². The van der Waals surface area contributed by atoms with Crippen LogP contribution in [0.5, 0.6) is 0 Å². The maximum absolute atomic E-state index is 7.53. The van der Waals surface area contributed by atoms with Gasteiger partial charge in [0.2, 0.25) is 0 Å². The van der Waals surface area contributed by atoms with Gasteiger partial charge >= 0.3 is 0 Å². The lowest BCUT2D eigenvalue weighted by Gasteiger charge is -2.31. The highest BCUT2D eigenvalue weighted by Gasteiger charge is 2.30. The normalized spacial score (nSPS) is 24.2. The van der Waals surface area contributed by atoms with Crippen LogP contribution >= 0.6 is 0 Å². The quantitative estimate of drug-likeness (QED) is 0.378. The summed E-state index contributed by atoms with van der Waals surface area (Å²) in [5.41, 5.74) is 5.71.